The van der Waals surface area contributed by atoms with E-state index in [9.17, 15) is 9.90 Å². The molecule has 4 saturated carbocycles. The van der Waals surface area contributed by atoms with Crippen molar-refractivity contribution in [3.05, 3.63) is 0 Å². The van der Waals surface area contributed by atoms with Crippen LogP contribution >= 0.6 is 0 Å². The highest BCUT2D eigenvalue weighted by atomic mass is 16.5. The molecule has 0 bridgehead atoms. The normalized spacial score (nSPS) is 43.8. The second-order valence-electron chi connectivity index (χ2n) is 13.6. The minimum atomic E-state index is -0.213. The van der Waals surface area contributed by atoms with Crippen LogP contribution in [-0.2, 0) is 9.53 Å². The van der Waals surface area contributed by atoms with Gasteiger partial charge in [0, 0.05) is 31.6 Å². The number of aliphatic hydroxyl groups is 1. The lowest BCUT2D eigenvalue weighted by Gasteiger charge is -2.62. The van der Waals surface area contributed by atoms with Crippen molar-refractivity contribution in [3.8, 4) is 0 Å². The molecular weight excluding hydrogens is 436 g/mol. The summed E-state index contributed by atoms with van der Waals surface area (Å²) in [5, 5.41) is 19.1. The minimum Gasteiger partial charge on any atom is -0.469 e. The quantitative estimate of drug-likeness (QED) is 0.308. The summed E-state index contributed by atoms with van der Waals surface area (Å²) in [6.07, 6.45) is 11.2. The summed E-state index contributed by atoms with van der Waals surface area (Å²) in [4.78, 5) is 11.8. The zero-order valence-electron chi connectivity index (χ0n) is 23.4. The number of rotatable bonds is 9. The minimum absolute atomic E-state index is 0.00206. The van der Waals surface area contributed by atoms with Gasteiger partial charge in [-0.2, -0.15) is 0 Å². The van der Waals surface area contributed by atoms with E-state index in [4.69, 9.17) is 4.74 Å². The number of hydrogen-bond acceptors (Lipinski definition) is 5. The zero-order valence-corrected chi connectivity index (χ0v) is 23.4. The monoisotopic (exact) mass is 490 g/mol. The van der Waals surface area contributed by atoms with Crippen molar-refractivity contribution in [3.63, 3.8) is 0 Å². The Hall–Kier alpha value is -0.650. The Kier molecular flexibility index (Phi) is 8.60. The molecule has 5 heteroatoms. The van der Waals surface area contributed by atoms with Crippen LogP contribution in [-0.4, -0.2) is 49.5 Å². The Morgan fingerprint density at radius 1 is 1.03 bits per heavy atom. The molecule has 0 radical (unpaired) electrons. The molecule has 0 heterocycles. The molecule has 5 unspecified atom stereocenters. The van der Waals surface area contributed by atoms with Crippen LogP contribution in [0.1, 0.15) is 98.8 Å². The van der Waals surface area contributed by atoms with Crippen molar-refractivity contribution in [2.75, 3.05) is 20.2 Å². The summed E-state index contributed by atoms with van der Waals surface area (Å²) in [6.45, 7) is 13.8. The number of hydrogen-bond donors (Lipinski definition) is 3. The lowest BCUT2D eigenvalue weighted by atomic mass is 9.43. The van der Waals surface area contributed by atoms with Crippen LogP contribution < -0.4 is 10.6 Å². The second kappa shape index (κ2) is 11.0. The van der Waals surface area contributed by atoms with Gasteiger partial charge >= 0.3 is 5.97 Å². The molecule has 202 valence electrons. The van der Waals surface area contributed by atoms with Gasteiger partial charge in [0.05, 0.1) is 13.2 Å². The van der Waals surface area contributed by atoms with Crippen LogP contribution in [0.15, 0.2) is 0 Å². The first-order valence-electron chi connectivity index (χ1n) is 14.8. The summed E-state index contributed by atoms with van der Waals surface area (Å²) in [5.41, 5.74) is 0.385. The molecular formula is C30H54N2O3. The third-order valence-corrected chi connectivity index (χ3v) is 11.7. The molecule has 5 nitrogen and oxygen atoms in total. The van der Waals surface area contributed by atoms with E-state index in [0.717, 1.165) is 37.8 Å². The number of nitrogens with one attached hydrogen (secondary N) is 2. The van der Waals surface area contributed by atoms with E-state index in [2.05, 4.69) is 45.3 Å². The summed E-state index contributed by atoms with van der Waals surface area (Å²) in [6, 6.07) is 1.21. The van der Waals surface area contributed by atoms with E-state index < -0.39 is 0 Å². The van der Waals surface area contributed by atoms with Gasteiger partial charge in [0.1, 0.15) is 0 Å². The SMILES string of the molecule is COC(=O)CC[C@@H](C)[C@H]1CCC2C3CCC4CC(NCCNC(C)C)CC[C@]4(C)C3C[C@H](O)[C@@]21C. The molecule has 4 fully saturated rings. The van der Waals surface area contributed by atoms with Crippen LogP contribution in [0.4, 0.5) is 0 Å². The third kappa shape index (κ3) is 5.21. The Bertz CT molecular complexity index is 728. The third-order valence-electron chi connectivity index (χ3n) is 11.7. The summed E-state index contributed by atoms with van der Waals surface area (Å²) < 4.78 is 4.90. The first-order chi connectivity index (χ1) is 16.6. The number of carbonyl (C=O) groups is 1. The van der Waals surface area contributed by atoms with E-state index in [1.807, 2.05) is 0 Å². The number of carbonyl (C=O) groups excluding carboxylic acids is 1. The molecule has 3 N–H and O–H groups in total. The van der Waals surface area contributed by atoms with Gasteiger partial charge < -0.3 is 20.5 Å². The molecule has 0 aromatic heterocycles. The smallest absolute Gasteiger partial charge is 0.305 e. The maximum atomic E-state index is 11.8. The highest BCUT2D eigenvalue weighted by Crippen LogP contribution is 2.68. The van der Waals surface area contributed by atoms with Crippen LogP contribution in [0.3, 0.4) is 0 Å². The molecule has 35 heavy (non-hydrogen) atoms. The molecule has 0 aromatic carbocycles. The molecule has 0 aliphatic heterocycles. The van der Waals surface area contributed by atoms with Gasteiger partial charge in [-0.05, 0) is 104 Å². The molecule has 0 saturated heterocycles. The van der Waals surface area contributed by atoms with Crippen molar-refractivity contribution in [2.45, 2.75) is 117 Å². The number of fused-ring (bicyclic) bond motifs is 5. The average molecular weight is 491 g/mol. The topological polar surface area (TPSA) is 70.6 Å². The fourth-order valence-electron chi connectivity index (χ4n) is 9.65. The van der Waals surface area contributed by atoms with E-state index >= 15 is 0 Å². The standard InChI is InChI=1S/C30H54N2O3/c1-19(2)31-15-16-32-22-13-14-29(4)21(17-22)8-9-23-25-11-10-24(20(3)7-12-28(34)35-6)30(25,5)27(33)18-26(23)29/h19-27,31-33H,7-18H2,1-6H3/t20-,21?,22?,23?,24-,25?,26?,27+,29+,30-/m1/s1. The van der Waals surface area contributed by atoms with Gasteiger partial charge in [-0.1, -0.05) is 34.6 Å². The molecule has 0 aromatic rings. The van der Waals surface area contributed by atoms with Crippen molar-refractivity contribution >= 4 is 5.97 Å². The fourth-order valence-corrected chi connectivity index (χ4v) is 9.65. The molecule has 4 aliphatic carbocycles. The molecule has 0 spiro atoms. The summed E-state index contributed by atoms with van der Waals surface area (Å²) >= 11 is 0. The van der Waals surface area contributed by atoms with E-state index in [1.165, 1.54) is 52.1 Å². The lowest BCUT2D eigenvalue weighted by molar-refractivity contribution is -0.170. The summed E-state index contributed by atoms with van der Waals surface area (Å²) in [7, 11) is 1.48. The van der Waals surface area contributed by atoms with Gasteiger partial charge in [-0.3, -0.25) is 4.79 Å². The van der Waals surface area contributed by atoms with Gasteiger partial charge in [-0.25, -0.2) is 0 Å². The van der Waals surface area contributed by atoms with Crippen molar-refractivity contribution < 1.29 is 14.6 Å². The average Bonchev–Trinajstić information content (AvgIpc) is 3.19. The number of esters is 1. The van der Waals surface area contributed by atoms with Crippen LogP contribution in [0.2, 0.25) is 0 Å². The summed E-state index contributed by atoms with van der Waals surface area (Å²) in [5.74, 6) is 3.72. The largest absolute Gasteiger partial charge is 0.469 e. The highest BCUT2D eigenvalue weighted by molar-refractivity contribution is 5.69. The van der Waals surface area contributed by atoms with Crippen LogP contribution in [0.25, 0.3) is 0 Å². The molecule has 4 rings (SSSR count). The predicted molar refractivity (Wildman–Crippen MR) is 142 cm³/mol. The first kappa shape index (κ1) is 27.4. The first-order valence-corrected chi connectivity index (χ1v) is 14.8. The maximum Gasteiger partial charge on any atom is 0.305 e. The van der Waals surface area contributed by atoms with E-state index in [0.29, 0.717) is 47.6 Å². The number of methoxy groups -OCH3 is 1. The number of aliphatic hydroxyl groups excluding tert-OH is 1. The van der Waals surface area contributed by atoms with Gasteiger partial charge in [0.15, 0.2) is 0 Å². The predicted octanol–water partition coefficient (Wildman–Crippen LogP) is 5.16. The van der Waals surface area contributed by atoms with E-state index in [1.54, 1.807) is 0 Å². The Balaban J connectivity index is 1.40. The van der Waals surface area contributed by atoms with Crippen molar-refractivity contribution in [1.29, 1.82) is 0 Å². The van der Waals surface area contributed by atoms with E-state index in [-0.39, 0.29) is 17.5 Å². The Morgan fingerprint density at radius 2 is 1.80 bits per heavy atom. The molecule has 10 atom stereocenters. The maximum absolute atomic E-state index is 11.8. The zero-order chi connectivity index (χ0) is 25.4. The van der Waals surface area contributed by atoms with Gasteiger partial charge in [0.25, 0.3) is 0 Å². The van der Waals surface area contributed by atoms with Crippen molar-refractivity contribution in [2.24, 2.45) is 46.3 Å². The van der Waals surface area contributed by atoms with Gasteiger partial charge in [0.2, 0.25) is 0 Å². The van der Waals surface area contributed by atoms with Gasteiger partial charge in [-0.15, -0.1) is 0 Å². The van der Waals surface area contributed by atoms with Crippen LogP contribution in [0.5, 0.6) is 0 Å². The number of ether oxygens (including phenoxy) is 1. The second-order valence-corrected chi connectivity index (χ2v) is 13.6. The Labute approximate surface area is 214 Å². The Morgan fingerprint density at radius 3 is 2.51 bits per heavy atom. The fraction of sp³-hybridized carbons (Fsp3) is 0.967. The van der Waals surface area contributed by atoms with Crippen molar-refractivity contribution in [1.82, 2.24) is 10.6 Å². The lowest BCUT2D eigenvalue weighted by Crippen LogP contribution is -2.59. The molecule has 0 amide bonds. The van der Waals surface area contributed by atoms with Crippen LogP contribution in [0, 0.1) is 46.3 Å². The highest BCUT2D eigenvalue weighted by Gasteiger charge is 2.63. The molecule has 4 aliphatic rings.